The summed E-state index contributed by atoms with van der Waals surface area (Å²) in [7, 11) is -4.50. The SMILES string of the molecule is CC(=O)NC(C(=O)N[C@H](CCCN(O)C(=N)N)C(=O)NCP(=O)(O)O)C(C)C. The molecule has 0 fully saturated rings. The summed E-state index contributed by atoms with van der Waals surface area (Å²) in [5, 5.41) is 23.8. The lowest BCUT2D eigenvalue weighted by atomic mass is 10.0. The van der Waals surface area contributed by atoms with Gasteiger partial charge < -0.3 is 31.5 Å². The van der Waals surface area contributed by atoms with Crippen molar-refractivity contribution < 1.29 is 33.9 Å². The van der Waals surface area contributed by atoms with Crippen molar-refractivity contribution in [3.8, 4) is 0 Å². The second kappa shape index (κ2) is 11.6. The summed E-state index contributed by atoms with van der Waals surface area (Å²) in [5.74, 6) is -2.80. The summed E-state index contributed by atoms with van der Waals surface area (Å²) in [6, 6.07) is -2.10. The first-order valence-electron chi connectivity index (χ1n) is 8.44. The predicted octanol–water partition coefficient (Wildman–Crippen LogP) is -1.75. The van der Waals surface area contributed by atoms with Crippen molar-refractivity contribution >= 4 is 31.3 Å². The molecule has 1 unspecified atom stereocenters. The fourth-order valence-corrected chi connectivity index (χ4v) is 2.52. The van der Waals surface area contributed by atoms with Crippen molar-refractivity contribution in [2.24, 2.45) is 11.7 Å². The Morgan fingerprint density at radius 1 is 1.18 bits per heavy atom. The molecule has 0 heterocycles. The van der Waals surface area contributed by atoms with E-state index in [-0.39, 0.29) is 25.3 Å². The van der Waals surface area contributed by atoms with Crippen molar-refractivity contribution in [2.45, 2.75) is 45.7 Å². The first kappa shape index (κ1) is 25.8. The molecular formula is C14H29N6O7P. The number of amides is 3. The van der Waals surface area contributed by atoms with E-state index in [4.69, 9.17) is 20.9 Å². The van der Waals surface area contributed by atoms with Crippen LogP contribution in [0.3, 0.4) is 0 Å². The zero-order chi connectivity index (χ0) is 22.1. The Kier molecular flexibility index (Phi) is 10.7. The molecule has 0 spiro atoms. The monoisotopic (exact) mass is 424 g/mol. The maximum absolute atomic E-state index is 12.5. The van der Waals surface area contributed by atoms with Gasteiger partial charge in [-0.2, -0.15) is 0 Å². The molecule has 0 aliphatic rings. The first-order valence-corrected chi connectivity index (χ1v) is 10.2. The lowest BCUT2D eigenvalue weighted by Gasteiger charge is -2.25. The van der Waals surface area contributed by atoms with E-state index < -0.39 is 49.6 Å². The molecule has 0 saturated heterocycles. The molecule has 0 aliphatic heterocycles. The fourth-order valence-electron chi connectivity index (χ4n) is 2.15. The van der Waals surface area contributed by atoms with Gasteiger partial charge in [-0.15, -0.1) is 0 Å². The number of hydroxylamine groups is 2. The molecule has 0 aromatic carbocycles. The van der Waals surface area contributed by atoms with Crippen molar-refractivity contribution in [2.75, 3.05) is 12.8 Å². The molecule has 28 heavy (non-hydrogen) atoms. The molecule has 0 aliphatic carbocycles. The van der Waals surface area contributed by atoms with E-state index in [1.807, 2.05) is 0 Å². The van der Waals surface area contributed by atoms with E-state index in [0.717, 1.165) is 0 Å². The van der Waals surface area contributed by atoms with Crippen molar-refractivity contribution in [3.05, 3.63) is 0 Å². The van der Waals surface area contributed by atoms with Crippen LogP contribution in [0.4, 0.5) is 0 Å². The number of hydrogen-bond acceptors (Lipinski definition) is 6. The number of carbonyl (C=O) groups is 3. The van der Waals surface area contributed by atoms with E-state index >= 15 is 0 Å². The molecule has 0 saturated carbocycles. The summed E-state index contributed by atoms with van der Waals surface area (Å²) >= 11 is 0. The third-order valence-corrected chi connectivity index (χ3v) is 4.11. The number of rotatable bonds is 11. The molecule has 0 radical (unpaired) electrons. The Hall–Kier alpha value is -2.21. The molecule has 0 aromatic heterocycles. The Labute approximate surface area is 162 Å². The summed E-state index contributed by atoms with van der Waals surface area (Å²) in [4.78, 5) is 53.8. The molecule has 9 N–H and O–H groups in total. The predicted molar refractivity (Wildman–Crippen MR) is 99.1 cm³/mol. The molecule has 0 rings (SSSR count). The molecule has 3 amide bonds. The molecule has 162 valence electrons. The second-order valence-corrected chi connectivity index (χ2v) is 8.14. The van der Waals surface area contributed by atoms with Crippen LogP contribution >= 0.6 is 7.60 Å². The maximum Gasteiger partial charge on any atom is 0.344 e. The zero-order valence-electron chi connectivity index (χ0n) is 16.0. The van der Waals surface area contributed by atoms with Gasteiger partial charge in [0.15, 0.2) is 0 Å². The van der Waals surface area contributed by atoms with Crippen LogP contribution in [0.15, 0.2) is 0 Å². The minimum atomic E-state index is -4.50. The summed E-state index contributed by atoms with van der Waals surface area (Å²) in [6.07, 6.45) is -0.804. The van der Waals surface area contributed by atoms with Crippen molar-refractivity contribution in [1.29, 1.82) is 5.41 Å². The molecular weight excluding hydrogens is 395 g/mol. The number of carbonyl (C=O) groups excluding carboxylic acids is 3. The number of hydrogen-bond donors (Lipinski definition) is 8. The lowest BCUT2D eigenvalue weighted by molar-refractivity contribution is -0.132. The first-order chi connectivity index (χ1) is 12.7. The Morgan fingerprint density at radius 3 is 2.18 bits per heavy atom. The highest BCUT2D eigenvalue weighted by atomic mass is 31.2. The second-order valence-electron chi connectivity index (χ2n) is 6.50. The van der Waals surface area contributed by atoms with Gasteiger partial charge in [0.2, 0.25) is 23.7 Å². The van der Waals surface area contributed by atoms with Crippen LogP contribution in [0.25, 0.3) is 0 Å². The van der Waals surface area contributed by atoms with Gasteiger partial charge in [0.25, 0.3) is 0 Å². The molecule has 2 atom stereocenters. The van der Waals surface area contributed by atoms with Gasteiger partial charge in [0.1, 0.15) is 18.4 Å². The summed E-state index contributed by atoms with van der Waals surface area (Å²) in [5.41, 5.74) is 5.09. The van der Waals surface area contributed by atoms with E-state index in [0.29, 0.717) is 5.06 Å². The van der Waals surface area contributed by atoms with E-state index in [9.17, 15) is 24.2 Å². The van der Waals surface area contributed by atoms with E-state index in [1.54, 1.807) is 13.8 Å². The highest BCUT2D eigenvalue weighted by Crippen LogP contribution is 2.31. The van der Waals surface area contributed by atoms with Crippen LogP contribution in [0.2, 0.25) is 0 Å². The largest absolute Gasteiger partial charge is 0.368 e. The third-order valence-electron chi connectivity index (χ3n) is 3.54. The number of nitrogens with one attached hydrogen (secondary N) is 4. The summed E-state index contributed by atoms with van der Waals surface area (Å²) in [6.45, 7) is 4.52. The van der Waals surface area contributed by atoms with Gasteiger partial charge in [-0.05, 0) is 18.8 Å². The van der Waals surface area contributed by atoms with Gasteiger partial charge in [-0.3, -0.25) is 29.6 Å². The maximum atomic E-state index is 12.5. The average molecular weight is 424 g/mol. The molecule has 14 heteroatoms. The highest BCUT2D eigenvalue weighted by molar-refractivity contribution is 7.51. The van der Waals surface area contributed by atoms with Crippen LogP contribution in [-0.4, -0.2) is 68.7 Å². The van der Waals surface area contributed by atoms with Crippen molar-refractivity contribution in [1.82, 2.24) is 21.0 Å². The van der Waals surface area contributed by atoms with Crippen LogP contribution in [0.1, 0.15) is 33.6 Å². The van der Waals surface area contributed by atoms with Crippen LogP contribution in [0, 0.1) is 11.3 Å². The molecule has 13 nitrogen and oxygen atoms in total. The van der Waals surface area contributed by atoms with E-state index in [1.165, 1.54) is 6.92 Å². The van der Waals surface area contributed by atoms with Crippen LogP contribution in [-0.2, 0) is 18.9 Å². The smallest absolute Gasteiger partial charge is 0.344 e. The quantitative estimate of drug-likeness (QED) is 0.0814. The van der Waals surface area contributed by atoms with Crippen LogP contribution in [0.5, 0.6) is 0 Å². The number of nitrogens with two attached hydrogens (primary N) is 1. The average Bonchev–Trinajstić information content (AvgIpc) is 2.55. The Morgan fingerprint density at radius 2 is 1.75 bits per heavy atom. The van der Waals surface area contributed by atoms with E-state index in [2.05, 4.69) is 16.0 Å². The number of nitrogens with zero attached hydrogens (tertiary/aromatic N) is 1. The van der Waals surface area contributed by atoms with Crippen LogP contribution < -0.4 is 21.7 Å². The number of guanidine groups is 1. The molecule has 0 aromatic rings. The fraction of sp³-hybridized carbons (Fsp3) is 0.714. The topological polar surface area (TPSA) is 218 Å². The minimum absolute atomic E-state index is 0.0199. The molecule has 0 bridgehead atoms. The zero-order valence-corrected chi connectivity index (χ0v) is 16.9. The minimum Gasteiger partial charge on any atom is -0.368 e. The van der Waals surface area contributed by atoms with Gasteiger partial charge in [0, 0.05) is 13.5 Å². The van der Waals surface area contributed by atoms with Gasteiger partial charge >= 0.3 is 7.60 Å². The van der Waals surface area contributed by atoms with Gasteiger partial charge in [-0.25, -0.2) is 5.06 Å². The lowest BCUT2D eigenvalue weighted by Crippen LogP contribution is -2.55. The van der Waals surface area contributed by atoms with Crippen molar-refractivity contribution in [3.63, 3.8) is 0 Å². The van der Waals surface area contributed by atoms with Gasteiger partial charge in [0.05, 0.1) is 0 Å². The third kappa shape index (κ3) is 10.8. The normalized spacial score (nSPS) is 13.4. The Balaban J connectivity index is 5.15. The standard InChI is InChI=1S/C14H29N6O7P/c1-8(2)11(18-9(3)21)13(23)19-10(5-4-6-20(24)14(15)16)12(22)17-7-28(25,26)27/h8,10-11,24H,4-7H2,1-3H3,(H3,15,16)(H,17,22)(H,18,21)(H,19,23)(H2,25,26,27)/t10-,11?/m1/s1. The summed E-state index contributed by atoms with van der Waals surface area (Å²) < 4.78 is 10.9. The highest BCUT2D eigenvalue weighted by Gasteiger charge is 2.29. The Bertz CT molecular complexity index is 623. The van der Waals surface area contributed by atoms with Gasteiger partial charge in [-0.1, -0.05) is 13.8 Å².